The molecular formula is C17H24ClN3O. The van der Waals surface area contributed by atoms with Crippen LogP contribution in [-0.4, -0.2) is 24.0 Å². The number of aromatic amines is 1. The average Bonchev–Trinajstić information content (AvgIpc) is 2.92. The number of amides is 1. The summed E-state index contributed by atoms with van der Waals surface area (Å²) in [6.45, 7) is 5.00. The van der Waals surface area contributed by atoms with Crippen molar-refractivity contribution < 1.29 is 4.79 Å². The van der Waals surface area contributed by atoms with Crippen molar-refractivity contribution in [2.75, 3.05) is 13.1 Å². The van der Waals surface area contributed by atoms with Crippen LogP contribution < -0.4 is 11.1 Å². The molecule has 1 aromatic carbocycles. The number of fused-ring (bicyclic) bond motifs is 1. The van der Waals surface area contributed by atoms with Crippen LogP contribution in [0, 0.1) is 5.41 Å². The lowest BCUT2D eigenvalue weighted by molar-refractivity contribution is -0.131. The van der Waals surface area contributed by atoms with Crippen molar-refractivity contribution in [3.05, 3.63) is 35.0 Å². The van der Waals surface area contributed by atoms with Gasteiger partial charge in [-0.2, -0.15) is 0 Å². The molecule has 1 heterocycles. The third-order valence-electron chi connectivity index (χ3n) is 4.64. The average molecular weight is 322 g/mol. The smallest absolute Gasteiger partial charge is 0.227 e. The highest BCUT2D eigenvalue weighted by molar-refractivity contribution is 6.31. The third kappa shape index (κ3) is 3.28. The van der Waals surface area contributed by atoms with E-state index in [-0.39, 0.29) is 5.91 Å². The van der Waals surface area contributed by atoms with Crippen molar-refractivity contribution in [1.82, 2.24) is 10.3 Å². The van der Waals surface area contributed by atoms with Gasteiger partial charge in [-0.15, -0.1) is 0 Å². The van der Waals surface area contributed by atoms with Crippen molar-refractivity contribution in [2.24, 2.45) is 11.1 Å². The Morgan fingerprint density at radius 1 is 1.36 bits per heavy atom. The van der Waals surface area contributed by atoms with Crippen molar-refractivity contribution in [2.45, 2.75) is 33.1 Å². The number of benzene rings is 1. The number of hydrogen-bond acceptors (Lipinski definition) is 2. The van der Waals surface area contributed by atoms with Crippen molar-refractivity contribution in [3.63, 3.8) is 0 Å². The van der Waals surface area contributed by atoms with Crippen LogP contribution in [0.2, 0.25) is 5.02 Å². The summed E-state index contributed by atoms with van der Waals surface area (Å²) in [5.41, 5.74) is 7.58. The lowest BCUT2D eigenvalue weighted by atomic mass is 9.81. The summed E-state index contributed by atoms with van der Waals surface area (Å²) in [6.07, 6.45) is 4.26. The SMILES string of the molecule is CCC(CC)(CN)C(=O)NCCc1c[nH]c2ccc(Cl)cc12. The minimum absolute atomic E-state index is 0.0536. The van der Waals surface area contributed by atoms with Crippen LogP contribution in [-0.2, 0) is 11.2 Å². The quantitative estimate of drug-likeness (QED) is 0.732. The molecule has 5 heteroatoms. The van der Waals surface area contributed by atoms with Crippen molar-refractivity contribution in [1.29, 1.82) is 0 Å². The normalized spacial score (nSPS) is 11.8. The fraction of sp³-hybridized carbons (Fsp3) is 0.471. The lowest BCUT2D eigenvalue weighted by Crippen LogP contribution is -2.45. The predicted octanol–water partition coefficient (Wildman–Crippen LogP) is 3.25. The Balaban J connectivity index is 2.01. The molecule has 0 bridgehead atoms. The highest BCUT2D eigenvalue weighted by Crippen LogP contribution is 2.25. The minimum atomic E-state index is -0.441. The molecule has 0 aliphatic heterocycles. The molecule has 0 fully saturated rings. The molecule has 0 aliphatic rings. The zero-order chi connectivity index (χ0) is 16.2. The number of carbonyl (C=O) groups excluding carboxylic acids is 1. The van der Waals surface area contributed by atoms with Gasteiger partial charge in [0.1, 0.15) is 0 Å². The maximum Gasteiger partial charge on any atom is 0.227 e. The van der Waals surface area contributed by atoms with E-state index in [0.29, 0.717) is 13.1 Å². The van der Waals surface area contributed by atoms with E-state index in [1.807, 2.05) is 38.2 Å². The number of carbonyl (C=O) groups is 1. The fourth-order valence-electron chi connectivity index (χ4n) is 2.81. The molecule has 0 unspecified atom stereocenters. The number of hydrogen-bond donors (Lipinski definition) is 3. The molecule has 0 saturated carbocycles. The largest absolute Gasteiger partial charge is 0.361 e. The first-order valence-electron chi connectivity index (χ1n) is 7.80. The molecular weight excluding hydrogens is 298 g/mol. The standard InChI is InChI=1S/C17H24ClN3O/c1-3-17(4-2,11-19)16(22)20-8-7-12-10-21-15-6-5-13(18)9-14(12)15/h5-6,9-10,21H,3-4,7-8,11,19H2,1-2H3,(H,20,22). The van der Waals surface area contributed by atoms with E-state index in [4.69, 9.17) is 17.3 Å². The molecule has 0 saturated heterocycles. The number of nitrogens with two attached hydrogens (primary N) is 1. The first kappa shape index (κ1) is 16.8. The molecule has 1 amide bonds. The van der Waals surface area contributed by atoms with Crippen LogP contribution in [0.5, 0.6) is 0 Å². The Hall–Kier alpha value is -1.52. The Bertz CT molecular complexity index is 638. The van der Waals surface area contributed by atoms with Crippen molar-refractivity contribution >= 4 is 28.4 Å². The van der Waals surface area contributed by atoms with E-state index in [1.54, 1.807) is 0 Å². The van der Waals surface area contributed by atoms with E-state index < -0.39 is 5.41 Å². The van der Waals surface area contributed by atoms with Gasteiger partial charge in [0.2, 0.25) is 5.91 Å². The molecule has 0 aliphatic carbocycles. The van der Waals surface area contributed by atoms with Crippen LogP contribution in [0.3, 0.4) is 0 Å². The van der Waals surface area contributed by atoms with E-state index >= 15 is 0 Å². The van der Waals surface area contributed by atoms with Gasteiger partial charge >= 0.3 is 0 Å². The van der Waals surface area contributed by atoms with Crippen LogP contribution in [0.4, 0.5) is 0 Å². The molecule has 2 aromatic rings. The van der Waals surface area contributed by atoms with Gasteiger partial charge in [-0.1, -0.05) is 25.4 Å². The van der Waals surface area contributed by atoms with Crippen LogP contribution >= 0.6 is 11.6 Å². The Morgan fingerprint density at radius 3 is 2.73 bits per heavy atom. The Labute approximate surface area is 136 Å². The van der Waals surface area contributed by atoms with Crippen LogP contribution in [0.15, 0.2) is 24.4 Å². The van der Waals surface area contributed by atoms with Gasteiger partial charge in [-0.05, 0) is 43.0 Å². The summed E-state index contributed by atoms with van der Waals surface area (Å²) in [7, 11) is 0. The van der Waals surface area contributed by atoms with Crippen molar-refractivity contribution in [3.8, 4) is 0 Å². The molecule has 4 nitrogen and oxygen atoms in total. The van der Waals surface area contributed by atoms with Crippen LogP contribution in [0.1, 0.15) is 32.3 Å². The Morgan fingerprint density at radius 2 is 2.09 bits per heavy atom. The lowest BCUT2D eigenvalue weighted by Gasteiger charge is -2.28. The van der Waals surface area contributed by atoms with E-state index in [1.165, 1.54) is 0 Å². The highest BCUT2D eigenvalue weighted by Gasteiger charge is 2.32. The molecule has 120 valence electrons. The monoisotopic (exact) mass is 321 g/mol. The third-order valence-corrected chi connectivity index (χ3v) is 4.87. The van der Waals surface area contributed by atoms with Gasteiger partial charge in [0.15, 0.2) is 0 Å². The van der Waals surface area contributed by atoms with Gasteiger partial charge in [-0.25, -0.2) is 0 Å². The van der Waals surface area contributed by atoms with E-state index in [9.17, 15) is 4.79 Å². The molecule has 0 radical (unpaired) electrons. The summed E-state index contributed by atoms with van der Waals surface area (Å²) >= 11 is 6.05. The number of H-pyrrole nitrogens is 1. The topological polar surface area (TPSA) is 70.9 Å². The molecule has 0 atom stereocenters. The first-order valence-corrected chi connectivity index (χ1v) is 8.18. The van der Waals surface area contributed by atoms with Gasteiger partial charge in [-0.3, -0.25) is 4.79 Å². The summed E-state index contributed by atoms with van der Waals surface area (Å²) in [5.74, 6) is 0.0536. The van der Waals surface area contributed by atoms with Gasteiger partial charge in [0.05, 0.1) is 5.41 Å². The predicted molar refractivity (Wildman–Crippen MR) is 92.1 cm³/mol. The second kappa shape index (κ2) is 7.16. The fourth-order valence-corrected chi connectivity index (χ4v) is 2.98. The number of rotatable bonds is 7. The Kier molecular flexibility index (Phi) is 5.48. The molecule has 4 N–H and O–H groups in total. The maximum absolute atomic E-state index is 12.4. The second-order valence-electron chi connectivity index (χ2n) is 5.70. The van der Waals surface area contributed by atoms with E-state index in [0.717, 1.165) is 40.8 Å². The summed E-state index contributed by atoms with van der Waals surface area (Å²) in [4.78, 5) is 15.6. The second-order valence-corrected chi connectivity index (χ2v) is 6.14. The molecule has 0 spiro atoms. The minimum Gasteiger partial charge on any atom is -0.361 e. The summed E-state index contributed by atoms with van der Waals surface area (Å²) in [6, 6.07) is 5.78. The number of aromatic nitrogens is 1. The van der Waals surface area contributed by atoms with Gasteiger partial charge in [0.25, 0.3) is 0 Å². The highest BCUT2D eigenvalue weighted by atomic mass is 35.5. The van der Waals surface area contributed by atoms with Crippen LogP contribution in [0.25, 0.3) is 10.9 Å². The maximum atomic E-state index is 12.4. The first-order chi connectivity index (χ1) is 10.6. The summed E-state index contributed by atoms with van der Waals surface area (Å²) < 4.78 is 0. The molecule has 1 aromatic heterocycles. The molecule has 2 rings (SSSR count). The number of nitrogens with one attached hydrogen (secondary N) is 2. The number of halogens is 1. The van der Waals surface area contributed by atoms with Gasteiger partial charge < -0.3 is 16.0 Å². The van der Waals surface area contributed by atoms with Gasteiger partial charge in [0, 0.05) is 35.2 Å². The summed E-state index contributed by atoms with van der Waals surface area (Å²) in [5, 5.41) is 4.86. The molecule has 22 heavy (non-hydrogen) atoms. The van der Waals surface area contributed by atoms with E-state index in [2.05, 4.69) is 10.3 Å². The zero-order valence-electron chi connectivity index (χ0n) is 13.2. The zero-order valence-corrected chi connectivity index (χ0v) is 14.0.